The molecule has 0 unspecified atom stereocenters. The molecule has 6 nitrogen and oxygen atoms in total. The Morgan fingerprint density at radius 1 is 1.50 bits per heavy atom. The van der Waals surface area contributed by atoms with Crippen LogP contribution < -0.4 is 10.5 Å². The lowest BCUT2D eigenvalue weighted by atomic mass is 10.1. The lowest BCUT2D eigenvalue weighted by molar-refractivity contribution is 0.0997. The Kier molecular flexibility index (Phi) is 3.29. The van der Waals surface area contributed by atoms with Crippen LogP contribution in [-0.4, -0.2) is 23.3 Å². The second kappa shape index (κ2) is 4.89. The molecule has 2 aromatic rings. The van der Waals surface area contributed by atoms with Crippen molar-refractivity contribution in [3.05, 3.63) is 35.6 Å². The van der Waals surface area contributed by atoms with E-state index in [9.17, 15) is 4.79 Å². The first-order chi connectivity index (χ1) is 8.65. The number of nitrogens with two attached hydrogens (primary N) is 1. The van der Waals surface area contributed by atoms with E-state index in [2.05, 4.69) is 5.16 Å². The van der Waals surface area contributed by atoms with Crippen LogP contribution >= 0.6 is 0 Å². The Morgan fingerprint density at radius 2 is 2.28 bits per heavy atom. The molecule has 0 atom stereocenters. The van der Waals surface area contributed by atoms with Gasteiger partial charge in [-0.15, -0.1) is 0 Å². The van der Waals surface area contributed by atoms with E-state index in [1.165, 1.54) is 7.11 Å². The van der Waals surface area contributed by atoms with Gasteiger partial charge in [0.1, 0.15) is 18.1 Å². The number of carbonyl (C=O) groups is 1. The lowest BCUT2D eigenvalue weighted by Crippen LogP contribution is -2.12. The van der Waals surface area contributed by atoms with Crippen molar-refractivity contribution in [1.82, 2.24) is 5.16 Å². The first-order valence-corrected chi connectivity index (χ1v) is 5.20. The van der Waals surface area contributed by atoms with E-state index in [0.29, 0.717) is 22.8 Å². The fourth-order valence-corrected chi connectivity index (χ4v) is 1.58. The van der Waals surface area contributed by atoms with Crippen molar-refractivity contribution in [2.45, 2.75) is 6.61 Å². The van der Waals surface area contributed by atoms with Gasteiger partial charge in [-0.3, -0.25) is 4.79 Å². The van der Waals surface area contributed by atoms with E-state index in [1.807, 2.05) is 0 Å². The third kappa shape index (κ3) is 2.18. The smallest absolute Gasteiger partial charge is 0.252 e. The van der Waals surface area contributed by atoms with E-state index in [0.717, 1.165) is 0 Å². The fourth-order valence-electron chi connectivity index (χ4n) is 1.58. The van der Waals surface area contributed by atoms with Crippen LogP contribution in [0.3, 0.4) is 0 Å². The maximum absolute atomic E-state index is 11.3. The van der Waals surface area contributed by atoms with E-state index in [-0.39, 0.29) is 12.2 Å². The topological polar surface area (TPSA) is 98.6 Å². The fraction of sp³-hybridized carbons (Fsp3) is 0.167. The molecule has 18 heavy (non-hydrogen) atoms. The molecule has 0 saturated heterocycles. The van der Waals surface area contributed by atoms with Crippen LogP contribution in [0.2, 0.25) is 0 Å². The highest BCUT2D eigenvalue weighted by Crippen LogP contribution is 2.26. The summed E-state index contributed by atoms with van der Waals surface area (Å²) in [5.74, 6) is 0.165. The van der Waals surface area contributed by atoms with Gasteiger partial charge in [-0.1, -0.05) is 5.16 Å². The van der Waals surface area contributed by atoms with Crippen molar-refractivity contribution in [3.8, 4) is 17.0 Å². The van der Waals surface area contributed by atoms with Crippen molar-refractivity contribution in [2.75, 3.05) is 7.11 Å². The number of amides is 1. The average molecular weight is 248 g/mol. The molecule has 1 aromatic heterocycles. The molecule has 0 aliphatic rings. The third-order valence-electron chi connectivity index (χ3n) is 2.48. The summed E-state index contributed by atoms with van der Waals surface area (Å²) in [6, 6.07) is 6.51. The van der Waals surface area contributed by atoms with E-state index >= 15 is 0 Å². The highest BCUT2D eigenvalue weighted by molar-refractivity contribution is 5.96. The number of benzene rings is 1. The van der Waals surface area contributed by atoms with Crippen molar-refractivity contribution >= 4 is 5.91 Å². The first-order valence-electron chi connectivity index (χ1n) is 5.20. The van der Waals surface area contributed by atoms with E-state index < -0.39 is 5.91 Å². The molecule has 0 aliphatic carbocycles. The highest BCUT2D eigenvalue weighted by Gasteiger charge is 2.13. The predicted molar refractivity (Wildman–Crippen MR) is 62.9 cm³/mol. The summed E-state index contributed by atoms with van der Waals surface area (Å²) >= 11 is 0. The van der Waals surface area contributed by atoms with Gasteiger partial charge in [0.15, 0.2) is 5.76 Å². The maximum atomic E-state index is 11.3. The van der Waals surface area contributed by atoms with Gasteiger partial charge in [-0.25, -0.2) is 0 Å². The molecule has 0 radical (unpaired) electrons. The number of hydrogen-bond acceptors (Lipinski definition) is 5. The summed E-state index contributed by atoms with van der Waals surface area (Å²) in [5, 5.41) is 12.7. The van der Waals surface area contributed by atoms with Crippen LogP contribution in [0.5, 0.6) is 5.75 Å². The monoisotopic (exact) mass is 248 g/mol. The van der Waals surface area contributed by atoms with Gasteiger partial charge in [0.25, 0.3) is 5.91 Å². The number of primary amides is 1. The van der Waals surface area contributed by atoms with Crippen LogP contribution in [0.25, 0.3) is 11.3 Å². The number of methoxy groups -OCH3 is 1. The number of aliphatic hydroxyl groups is 1. The molecule has 0 saturated carbocycles. The quantitative estimate of drug-likeness (QED) is 0.839. The van der Waals surface area contributed by atoms with Gasteiger partial charge in [0, 0.05) is 11.6 Å². The maximum Gasteiger partial charge on any atom is 0.252 e. The minimum Gasteiger partial charge on any atom is -0.496 e. The molecular weight excluding hydrogens is 236 g/mol. The van der Waals surface area contributed by atoms with E-state index in [4.69, 9.17) is 20.1 Å². The van der Waals surface area contributed by atoms with Crippen molar-refractivity contribution in [1.29, 1.82) is 0 Å². The molecule has 0 bridgehead atoms. The molecule has 6 heteroatoms. The van der Waals surface area contributed by atoms with Gasteiger partial charge in [-0.05, 0) is 18.2 Å². The minimum absolute atomic E-state index is 0.230. The van der Waals surface area contributed by atoms with Gasteiger partial charge in [0.2, 0.25) is 0 Å². The number of aliphatic hydroxyl groups excluding tert-OH is 1. The third-order valence-corrected chi connectivity index (χ3v) is 2.48. The van der Waals surface area contributed by atoms with Gasteiger partial charge in [-0.2, -0.15) is 0 Å². The van der Waals surface area contributed by atoms with Gasteiger partial charge >= 0.3 is 0 Å². The van der Waals surface area contributed by atoms with Gasteiger partial charge < -0.3 is 20.1 Å². The number of ether oxygens (including phenoxy) is 1. The summed E-state index contributed by atoms with van der Waals surface area (Å²) in [5.41, 5.74) is 6.71. The molecule has 0 fully saturated rings. The largest absolute Gasteiger partial charge is 0.496 e. The van der Waals surface area contributed by atoms with Crippen LogP contribution in [0.15, 0.2) is 28.8 Å². The Hall–Kier alpha value is -2.34. The second-order valence-electron chi connectivity index (χ2n) is 3.62. The molecule has 3 N–H and O–H groups in total. The van der Waals surface area contributed by atoms with E-state index in [1.54, 1.807) is 24.3 Å². The highest BCUT2D eigenvalue weighted by atomic mass is 16.5. The number of rotatable bonds is 4. The Balaban J connectivity index is 2.46. The van der Waals surface area contributed by atoms with Crippen LogP contribution in [0, 0.1) is 0 Å². The summed E-state index contributed by atoms with van der Waals surface area (Å²) in [4.78, 5) is 11.3. The Labute approximate surface area is 103 Å². The summed E-state index contributed by atoms with van der Waals surface area (Å²) < 4.78 is 9.92. The molecular formula is C12H12N2O4. The van der Waals surface area contributed by atoms with Crippen LogP contribution in [0.1, 0.15) is 16.1 Å². The molecule has 1 aromatic carbocycles. The first kappa shape index (κ1) is 12.1. The number of aromatic nitrogens is 1. The Morgan fingerprint density at radius 3 is 2.83 bits per heavy atom. The van der Waals surface area contributed by atoms with Crippen LogP contribution in [-0.2, 0) is 6.61 Å². The summed E-state index contributed by atoms with van der Waals surface area (Å²) in [7, 11) is 1.46. The summed E-state index contributed by atoms with van der Waals surface area (Å²) in [6.45, 7) is -0.230. The lowest BCUT2D eigenvalue weighted by Gasteiger charge is -2.06. The van der Waals surface area contributed by atoms with Crippen LogP contribution in [0.4, 0.5) is 0 Å². The second-order valence-corrected chi connectivity index (χ2v) is 3.62. The molecule has 1 heterocycles. The number of hydrogen-bond donors (Lipinski definition) is 2. The minimum atomic E-state index is -0.584. The van der Waals surface area contributed by atoms with Crippen molar-refractivity contribution < 1.29 is 19.2 Å². The molecule has 1 amide bonds. The Bertz CT molecular complexity index is 577. The molecule has 94 valence electrons. The summed E-state index contributed by atoms with van der Waals surface area (Å²) in [6.07, 6.45) is 0. The molecule has 0 spiro atoms. The number of carbonyl (C=O) groups excluding carboxylic acids is 1. The zero-order valence-corrected chi connectivity index (χ0v) is 9.71. The molecule has 2 rings (SSSR count). The standard InChI is InChI=1S/C12H12N2O4/c1-17-11-3-2-7(4-9(11)12(13)16)10-5-8(6-15)18-14-10/h2-5,15H,6H2,1H3,(H2,13,16). The normalized spacial score (nSPS) is 10.3. The van der Waals surface area contributed by atoms with Crippen molar-refractivity contribution in [3.63, 3.8) is 0 Å². The van der Waals surface area contributed by atoms with Gasteiger partial charge in [0.05, 0.1) is 12.7 Å². The predicted octanol–water partition coefficient (Wildman–Crippen LogP) is 0.941. The number of nitrogens with zero attached hydrogens (tertiary/aromatic N) is 1. The molecule has 0 aliphatic heterocycles. The zero-order valence-electron chi connectivity index (χ0n) is 9.71. The average Bonchev–Trinajstić information content (AvgIpc) is 2.86. The SMILES string of the molecule is COc1ccc(-c2cc(CO)on2)cc1C(N)=O. The van der Waals surface area contributed by atoms with Crippen molar-refractivity contribution in [2.24, 2.45) is 5.73 Å². The zero-order chi connectivity index (χ0) is 13.1.